The van der Waals surface area contributed by atoms with Crippen LogP contribution in [0.25, 0.3) is 0 Å². The van der Waals surface area contributed by atoms with Crippen LogP contribution in [-0.2, 0) is 13.1 Å². The summed E-state index contributed by atoms with van der Waals surface area (Å²) in [5.74, 6) is 0.699. The van der Waals surface area contributed by atoms with Crippen LogP contribution < -0.4 is 5.32 Å². The molecule has 0 saturated carbocycles. The van der Waals surface area contributed by atoms with Crippen molar-refractivity contribution in [1.82, 2.24) is 15.2 Å². The summed E-state index contributed by atoms with van der Waals surface area (Å²) in [7, 11) is 0. The maximum absolute atomic E-state index is 4.69. The van der Waals surface area contributed by atoms with Crippen LogP contribution in [0.4, 0.5) is 0 Å². The van der Waals surface area contributed by atoms with Gasteiger partial charge in [-0.1, -0.05) is 26.0 Å². The van der Waals surface area contributed by atoms with Crippen LogP contribution in [-0.4, -0.2) is 29.5 Å². The monoisotopic (exact) mass is 265 g/mol. The maximum Gasteiger partial charge on any atom is 0.107 e. The van der Waals surface area contributed by atoms with Crippen LogP contribution in [0.3, 0.4) is 0 Å². The molecule has 1 aliphatic rings. The molecule has 0 spiro atoms. The highest BCUT2D eigenvalue weighted by Gasteiger charge is 2.09. The summed E-state index contributed by atoms with van der Waals surface area (Å²) in [6.45, 7) is 9.64. The van der Waals surface area contributed by atoms with Crippen LogP contribution in [0.2, 0.25) is 0 Å². The van der Waals surface area contributed by atoms with E-state index in [-0.39, 0.29) is 0 Å². The van der Waals surface area contributed by atoms with E-state index in [1.165, 1.54) is 17.1 Å². The van der Waals surface area contributed by atoms with Gasteiger partial charge in [-0.3, -0.25) is 4.90 Å². The Labute approximate surface area is 114 Å². The van der Waals surface area contributed by atoms with Crippen LogP contribution in [0.5, 0.6) is 0 Å². The Balaban J connectivity index is 1.76. The normalized spacial score (nSPS) is 16.6. The van der Waals surface area contributed by atoms with Crippen LogP contribution in [0.15, 0.2) is 17.5 Å². The van der Waals surface area contributed by atoms with Gasteiger partial charge in [-0.15, -0.1) is 11.3 Å². The first-order valence-electron chi connectivity index (χ1n) is 6.75. The van der Waals surface area contributed by atoms with E-state index in [9.17, 15) is 0 Å². The molecule has 2 rings (SSSR count). The van der Waals surface area contributed by atoms with Crippen molar-refractivity contribution in [2.75, 3.05) is 19.6 Å². The summed E-state index contributed by atoms with van der Waals surface area (Å²) in [6.07, 6.45) is 5.69. The Kier molecular flexibility index (Phi) is 5.35. The van der Waals surface area contributed by atoms with Crippen molar-refractivity contribution in [3.63, 3.8) is 0 Å². The highest BCUT2D eigenvalue weighted by atomic mass is 32.1. The molecule has 0 aliphatic carbocycles. The molecule has 0 amide bonds. The lowest BCUT2D eigenvalue weighted by Gasteiger charge is -2.21. The first-order chi connectivity index (χ1) is 8.74. The fourth-order valence-corrected chi connectivity index (χ4v) is 2.79. The number of hydrogen-bond acceptors (Lipinski definition) is 4. The highest BCUT2D eigenvalue weighted by molar-refractivity contribution is 7.09. The maximum atomic E-state index is 4.69. The SMILES string of the molecule is CC(C)CNCc1nc(CN2CC=CCC2)cs1. The molecule has 0 aromatic carbocycles. The third-order valence-corrected chi connectivity index (χ3v) is 3.85. The van der Waals surface area contributed by atoms with Crippen molar-refractivity contribution < 1.29 is 0 Å². The van der Waals surface area contributed by atoms with Gasteiger partial charge in [0.15, 0.2) is 0 Å². The third kappa shape index (κ3) is 4.52. The number of aromatic nitrogens is 1. The fourth-order valence-electron chi connectivity index (χ4n) is 2.03. The number of thiazole rings is 1. The van der Waals surface area contributed by atoms with Gasteiger partial charge in [0.05, 0.1) is 5.69 Å². The molecule has 0 bridgehead atoms. The van der Waals surface area contributed by atoms with Crippen LogP contribution in [0.1, 0.15) is 31.0 Å². The van der Waals surface area contributed by atoms with Gasteiger partial charge in [0.2, 0.25) is 0 Å². The average Bonchev–Trinajstić information content (AvgIpc) is 2.78. The molecule has 3 nitrogen and oxygen atoms in total. The Morgan fingerprint density at radius 2 is 2.33 bits per heavy atom. The minimum absolute atomic E-state index is 0.699. The molecule has 1 aromatic rings. The molecule has 4 heteroatoms. The van der Waals surface area contributed by atoms with Crippen LogP contribution >= 0.6 is 11.3 Å². The summed E-state index contributed by atoms with van der Waals surface area (Å²) >= 11 is 1.77. The average molecular weight is 265 g/mol. The fraction of sp³-hybridized carbons (Fsp3) is 0.643. The standard InChI is InChI=1S/C14H23N3S/c1-12(2)8-15-9-14-16-13(11-18-14)10-17-6-4-3-5-7-17/h3-4,11-12,15H,5-10H2,1-2H3. The molecule has 100 valence electrons. The van der Waals surface area contributed by atoms with Crippen molar-refractivity contribution in [3.8, 4) is 0 Å². The Morgan fingerprint density at radius 3 is 3.06 bits per heavy atom. The summed E-state index contributed by atoms with van der Waals surface area (Å²) in [5.41, 5.74) is 1.22. The smallest absolute Gasteiger partial charge is 0.107 e. The second-order valence-electron chi connectivity index (χ2n) is 5.25. The van der Waals surface area contributed by atoms with Gasteiger partial charge in [0.1, 0.15) is 5.01 Å². The van der Waals surface area contributed by atoms with E-state index >= 15 is 0 Å². The number of rotatable bonds is 6. The topological polar surface area (TPSA) is 28.2 Å². The van der Waals surface area contributed by atoms with Crippen molar-refractivity contribution in [3.05, 3.63) is 28.2 Å². The van der Waals surface area contributed by atoms with E-state index in [0.29, 0.717) is 5.92 Å². The van der Waals surface area contributed by atoms with Crippen LogP contribution in [0, 0.1) is 5.92 Å². The lowest BCUT2D eigenvalue weighted by molar-refractivity contribution is 0.287. The zero-order valence-corrected chi connectivity index (χ0v) is 12.2. The number of nitrogens with one attached hydrogen (secondary N) is 1. The Hall–Kier alpha value is -0.710. The van der Waals surface area contributed by atoms with Gasteiger partial charge in [-0.25, -0.2) is 4.98 Å². The quantitative estimate of drug-likeness (QED) is 0.802. The van der Waals surface area contributed by atoms with Gasteiger partial charge in [-0.05, 0) is 18.9 Å². The summed E-state index contributed by atoms with van der Waals surface area (Å²) in [6, 6.07) is 0. The predicted octanol–water partition coefficient (Wildman–Crippen LogP) is 2.65. The Bertz CT molecular complexity index is 384. The molecular formula is C14H23N3S. The van der Waals surface area contributed by atoms with E-state index in [1.54, 1.807) is 11.3 Å². The highest BCUT2D eigenvalue weighted by Crippen LogP contribution is 2.13. The number of hydrogen-bond donors (Lipinski definition) is 1. The zero-order valence-electron chi connectivity index (χ0n) is 11.4. The van der Waals surface area contributed by atoms with Crippen molar-refractivity contribution in [2.45, 2.75) is 33.4 Å². The molecule has 1 N–H and O–H groups in total. The molecule has 0 saturated heterocycles. The van der Waals surface area contributed by atoms with Gasteiger partial charge in [0.25, 0.3) is 0 Å². The van der Waals surface area contributed by atoms with E-state index in [4.69, 9.17) is 4.98 Å². The van der Waals surface area contributed by atoms with Crippen molar-refractivity contribution >= 4 is 11.3 Å². The molecule has 0 radical (unpaired) electrons. The molecule has 1 aliphatic heterocycles. The van der Waals surface area contributed by atoms with Crippen molar-refractivity contribution in [1.29, 1.82) is 0 Å². The lowest BCUT2D eigenvalue weighted by atomic mass is 10.2. The second kappa shape index (κ2) is 7.02. The molecule has 0 fully saturated rings. The van der Waals surface area contributed by atoms with E-state index < -0.39 is 0 Å². The predicted molar refractivity (Wildman–Crippen MR) is 77.7 cm³/mol. The number of nitrogens with zero attached hydrogens (tertiary/aromatic N) is 2. The molecule has 0 atom stereocenters. The Morgan fingerprint density at radius 1 is 1.44 bits per heavy atom. The molecule has 18 heavy (non-hydrogen) atoms. The van der Waals surface area contributed by atoms with E-state index in [2.05, 4.69) is 41.6 Å². The zero-order chi connectivity index (χ0) is 12.8. The van der Waals surface area contributed by atoms with Crippen molar-refractivity contribution in [2.24, 2.45) is 5.92 Å². The molecular weight excluding hydrogens is 242 g/mol. The molecule has 0 unspecified atom stereocenters. The molecule has 2 heterocycles. The first-order valence-corrected chi connectivity index (χ1v) is 7.63. The summed E-state index contributed by atoms with van der Waals surface area (Å²) < 4.78 is 0. The summed E-state index contributed by atoms with van der Waals surface area (Å²) in [4.78, 5) is 7.14. The van der Waals surface area contributed by atoms with Gasteiger partial charge < -0.3 is 5.32 Å². The second-order valence-corrected chi connectivity index (χ2v) is 6.20. The third-order valence-electron chi connectivity index (χ3n) is 2.96. The first kappa shape index (κ1) is 13.7. The minimum Gasteiger partial charge on any atom is -0.310 e. The van der Waals surface area contributed by atoms with E-state index in [1.807, 2.05) is 0 Å². The minimum atomic E-state index is 0.699. The largest absolute Gasteiger partial charge is 0.310 e. The van der Waals surface area contributed by atoms with Gasteiger partial charge >= 0.3 is 0 Å². The van der Waals surface area contributed by atoms with Gasteiger partial charge in [-0.2, -0.15) is 0 Å². The lowest BCUT2D eigenvalue weighted by Crippen LogP contribution is -2.26. The van der Waals surface area contributed by atoms with Gasteiger partial charge in [0, 0.05) is 31.6 Å². The molecule has 1 aromatic heterocycles. The summed E-state index contributed by atoms with van der Waals surface area (Å²) in [5, 5.41) is 6.85. The van der Waals surface area contributed by atoms with E-state index in [0.717, 1.165) is 32.7 Å².